The van der Waals surface area contributed by atoms with Crippen molar-refractivity contribution in [2.45, 2.75) is 82.0 Å². The Labute approximate surface area is 187 Å². The zero-order chi connectivity index (χ0) is 24.0. The molecule has 2 fully saturated rings. The van der Waals surface area contributed by atoms with Gasteiger partial charge in [-0.15, -0.1) is 6.58 Å². The van der Waals surface area contributed by atoms with Crippen LogP contribution in [-0.4, -0.2) is 51.9 Å². The van der Waals surface area contributed by atoms with E-state index in [-0.39, 0.29) is 13.2 Å². The van der Waals surface area contributed by atoms with E-state index in [1.54, 1.807) is 19.9 Å². The van der Waals surface area contributed by atoms with Crippen molar-refractivity contribution >= 4 is 10.1 Å². The molecule has 0 amide bonds. The highest BCUT2D eigenvalue weighted by Crippen LogP contribution is 2.35. The van der Waals surface area contributed by atoms with E-state index in [9.17, 15) is 21.6 Å². The van der Waals surface area contributed by atoms with Crippen LogP contribution in [0.1, 0.15) is 52.4 Å². The van der Waals surface area contributed by atoms with Crippen molar-refractivity contribution in [1.82, 2.24) is 0 Å². The molecule has 1 aliphatic heterocycles. The molecule has 3 atom stereocenters. The number of allylic oxidation sites excluding steroid dienone is 3. The van der Waals surface area contributed by atoms with Gasteiger partial charge in [-0.3, -0.25) is 0 Å². The van der Waals surface area contributed by atoms with Crippen molar-refractivity contribution in [1.29, 1.82) is 0 Å². The molecule has 7 nitrogen and oxygen atoms in total. The summed E-state index contributed by atoms with van der Waals surface area (Å²) in [6, 6.07) is 0. The SMILES string of the molecule is C=C[C@H]1OC(C)(C)O[C@@H]1[C@@H](C/C(=C/C=C1CCCCC1)OS(=O)(=O)C(F)(F)F)OCOC. The monoisotopic (exact) mass is 484 g/mol. The Bertz CT molecular complexity index is 795. The standard InChI is InChI=1S/C21H31F3O7S/c1-5-17-19(30-20(2,3)29-17)18(28-14-27-4)13-16(31-32(25,26)21(22,23)24)12-11-15-9-7-6-8-10-15/h5,11-12,17-19H,1,6-10,13-14H2,2-4H3/b16-12-/t17-,18-,19+/m1/s1. The van der Waals surface area contributed by atoms with Crippen LogP contribution in [0.25, 0.3) is 0 Å². The van der Waals surface area contributed by atoms with Crippen LogP contribution in [0, 0.1) is 0 Å². The van der Waals surface area contributed by atoms with Gasteiger partial charge in [-0.1, -0.05) is 24.1 Å². The lowest BCUT2D eigenvalue weighted by Gasteiger charge is -2.26. The smallest absolute Gasteiger partial charge is 0.380 e. The average molecular weight is 485 g/mol. The number of methoxy groups -OCH3 is 1. The van der Waals surface area contributed by atoms with Gasteiger partial charge in [0.15, 0.2) is 5.79 Å². The van der Waals surface area contributed by atoms with Gasteiger partial charge in [0, 0.05) is 13.5 Å². The highest BCUT2D eigenvalue weighted by atomic mass is 32.2. The summed E-state index contributed by atoms with van der Waals surface area (Å²) in [6.07, 6.45) is 6.32. The molecule has 0 aromatic heterocycles. The molecule has 2 rings (SSSR count). The maximum absolute atomic E-state index is 13.0. The van der Waals surface area contributed by atoms with Gasteiger partial charge in [-0.05, 0) is 45.6 Å². The fraction of sp³-hybridized carbons (Fsp3) is 0.714. The second-order valence-electron chi connectivity index (χ2n) is 8.12. The second kappa shape index (κ2) is 11.1. The Morgan fingerprint density at radius 1 is 1.25 bits per heavy atom. The van der Waals surface area contributed by atoms with Crippen molar-refractivity contribution in [3.63, 3.8) is 0 Å². The molecule has 11 heteroatoms. The molecular weight excluding hydrogens is 453 g/mol. The van der Waals surface area contributed by atoms with Gasteiger partial charge >= 0.3 is 15.6 Å². The Morgan fingerprint density at radius 2 is 1.91 bits per heavy atom. The number of hydrogen-bond acceptors (Lipinski definition) is 7. The fourth-order valence-electron chi connectivity index (χ4n) is 3.61. The third-order valence-electron chi connectivity index (χ3n) is 5.07. The molecule has 1 aliphatic carbocycles. The van der Waals surface area contributed by atoms with Crippen LogP contribution in [0.5, 0.6) is 0 Å². The van der Waals surface area contributed by atoms with Crippen LogP contribution in [0.3, 0.4) is 0 Å². The summed E-state index contributed by atoms with van der Waals surface area (Å²) < 4.78 is 89.0. The van der Waals surface area contributed by atoms with Crippen LogP contribution in [0.15, 0.2) is 36.1 Å². The van der Waals surface area contributed by atoms with E-state index in [0.717, 1.165) is 37.7 Å². The minimum Gasteiger partial charge on any atom is -0.380 e. The molecular formula is C21H31F3O7S. The molecule has 0 radical (unpaired) electrons. The lowest BCUT2D eigenvalue weighted by atomic mass is 9.94. The van der Waals surface area contributed by atoms with Crippen molar-refractivity contribution < 1.29 is 44.7 Å². The topological polar surface area (TPSA) is 80.3 Å². The summed E-state index contributed by atoms with van der Waals surface area (Å²) in [5, 5.41) is 0. The summed E-state index contributed by atoms with van der Waals surface area (Å²) in [7, 11) is -4.48. The number of ether oxygens (including phenoxy) is 4. The first-order valence-corrected chi connectivity index (χ1v) is 11.8. The summed E-state index contributed by atoms with van der Waals surface area (Å²) in [6.45, 7) is 6.84. The van der Waals surface area contributed by atoms with Crippen molar-refractivity contribution in [3.05, 3.63) is 36.1 Å². The minimum absolute atomic E-state index is 0.199. The molecule has 0 bridgehead atoms. The van der Waals surface area contributed by atoms with Crippen LogP contribution in [-0.2, 0) is 33.2 Å². The van der Waals surface area contributed by atoms with Gasteiger partial charge in [0.2, 0.25) is 0 Å². The predicted octanol–water partition coefficient (Wildman–Crippen LogP) is 4.71. The highest BCUT2D eigenvalue weighted by Gasteiger charge is 2.50. The molecule has 0 spiro atoms. The zero-order valence-corrected chi connectivity index (χ0v) is 19.3. The lowest BCUT2D eigenvalue weighted by Crippen LogP contribution is -2.38. The summed E-state index contributed by atoms with van der Waals surface area (Å²) in [5.41, 5.74) is -4.55. The van der Waals surface area contributed by atoms with Crippen molar-refractivity contribution in [2.24, 2.45) is 0 Å². The first-order chi connectivity index (χ1) is 14.9. The maximum atomic E-state index is 13.0. The lowest BCUT2D eigenvalue weighted by molar-refractivity contribution is -0.170. The zero-order valence-electron chi connectivity index (χ0n) is 18.5. The van der Waals surface area contributed by atoms with Gasteiger partial charge in [-0.2, -0.15) is 21.6 Å². The Kier molecular flexibility index (Phi) is 9.35. The Morgan fingerprint density at radius 3 is 2.47 bits per heavy atom. The van der Waals surface area contributed by atoms with Gasteiger partial charge in [0.1, 0.15) is 24.8 Å². The van der Waals surface area contributed by atoms with E-state index in [0.29, 0.717) is 0 Å². The molecule has 1 saturated heterocycles. The molecule has 0 unspecified atom stereocenters. The quantitative estimate of drug-likeness (QED) is 0.146. The van der Waals surface area contributed by atoms with Crippen molar-refractivity contribution in [2.75, 3.05) is 13.9 Å². The Hall–Kier alpha value is -1.40. The molecule has 1 saturated carbocycles. The van der Waals surface area contributed by atoms with Crippen LogP contribution < -0.4 is 0 Å². The number of hydrogen-bond donors (Lipinski definition) is 0. The normalized spacial score (nSPS) is 25.4. The van der Waals surface area contributed by atoms with Crippen LogP contribution in [0.2, 0.25) is 0 Å². The molecule has 1 heterocycles. The van der Waals surface area contributed by atoms with E-state index in [2.05, 4.69) is 10.8 Å². The van der Waals surface area contributed by atoms with Gasteiger partial charge in [0.25, 0.3) is 0 Å². The first-order valence-electron chi connectivity index (χ1n) is 10.4. The Balaban J connectivity index is 2.34. The number of alkyl halides is 3. The van der Waals surface area contributed by atoms with E-state index >= 15 is 0 Å². The summed E-state index contributed by atoms with van der Waals surface area (Å²) in [5.74, 6) is -1.41. The predicted molar refractivity (Wildman–Crippen MR) is 111 cm³/mol. The summed E-state index contributed by atoms with van der Waals surface area (Å²) in [4.78, 5) is 0. The van der Waals surface area contributed by atoms with E-state index < -0.39 is 45.5 Å². The van der Waals surface area contributed by atoms with Crippen molar-refractivity contribution in [3.8, 4) is 0 Å². The summed E-state index contributed by atoms with van der Waals surface area (Å²) >= 11 is 0. The number of rotatable bonds is 10. The van der Waals surface area contributed by atoms with E-state index in [1.807, 2.05) is 0 Å². The molecule has 32 heavy (non-hydrogen) atoms. The third kappa shape index (κ3) is 7.58. The molecule has 184 valence electrons. The largest absolute Gasteiger partial charge is 0.534 e. The molecule has 2 aliphatic rings. The maximum Gasteiger partial charge on any atom is 0.534 e. The fourth-order valence-corrected chi connectivity index (χ4v) is 4.11. The second-order valence-corrected chi connectivity index (χ2v) is 9.66. The molecule has 0 aromatic carbocycles. The van der Waals surface area contributed by atoms with Crippen LogP contribution >= 0.6 is 0 Å². The van der Waals surface area contributed by atoms with Crippen LogP contribution in [0.4, 0.5) is 13.2 Å². The molecule has 0 N–H and O–H groups in total. The molecule has 0 aromatic rings. The van der Waals surface area contributed by atoms with Gasteiger partial charge in [-0.25, -0.2) is 0 Å². The van der Waals surface area contributed by atoms with E-state index in [1.165, 1.54) is 19.3 Å². The minimum atomic E-state index is -5.86. The van der Waals surface area contributed by atoms with Gasteiger partial charge in [0.05, 0.1) is 6.10 Å². The third-order valence-corrected chi connectivity index (χ3v) is 6.07. The number of halogens is 3. The van der Waals surface area contributed by atoms with Gasteiger partial charge < -0.3 is 23.1 Å². The average Bonchev–Trinajstić information content (AvgIpc) is 3.03. The highest BCUT2D eigenvalue weighted by molar-refractivity contribution is 7.87. The van der Waals surface area contributed by atoms with E-state index in [4.69, 9.17) is 18.9 Å². The first kappa shape index (κ1) is 26.8.